The van der Waals surface area contributed by atoms with Crippen LogP contribution in [0.15, 0.2) is 24.3 Å². The molecule has 2 heteroatoms. The monoisotopic (exact) mass is 228 g/mol. The zero-order valence-corrected chi connectivity index (χ0v) is 10.7. The van der Waals surface area contributed by atoms with Crippen LogP contribution in [-0.4, -0.2) is 5.54 Å². The van der Waals surface area contributed by atoms with Crippen LogP contribution < -0.4 is 5.32 Å². The summed E-state index contributed by atoms with van der Waals surface area (Å²) >= 11 is 0. The Morgan fingerprint density at radius 3 is 2.65 bits per heavy atom. The standard InChI is InChI=1S/C15H20N2/c1-12-6-5-9-14(10-12)17-15(2,11-16)13-7-3-4-8-13/h5-6,9-10,13,17H,3-4,7-8H2,1-2H3. The Labute approximate surface area is 104 Å². The minimum atomic E-state index is -0.426. The fourth-order valence-electron chi connectivity index (χ4n) is 2.75. The van der Waals surface area contributed by atoms with E-state index in [1.165, 1.54) is 31.2 Å². The van der Waals surface area contributed by atoms with Crippen molar-refractivity contribution in [1.29, 1.82) is 5.26 Å². The lowest BCUT2D eigenvalue weighted by Gasteiger charge is -2.30. The third kappa shape index (κ3) is 2.61. The molecular formula is C15H20N2. The molecule has 1 N–H and O–H groups in total. The number of nitrogens with one attached hydrogen (secondary N) is 1. The van der Waals surface area contributed by atoms with E-state index < -0.39 is 5.54 Å². The van der Waals surface area contributed by atoms with Crippen molar-refractivity contribution in [2.24, 2.45) is 5.92 Å². The van der Waals surface area contributed by atoms with Crippen LogP contribution >= 0.6 is 0 Å². The quantitative estimate of drug-likeness (QED) is 0.852. The first kappa shape index (κ1) is 12.0. The molecule has 0 saturated heterocycles. The van der Waals surface area contributed by atoms with Gasteiger partial charge in [-0.15, -0.1) is 0 Å². The van der Waals surface area contributed by atoms with Crippen molar-refractivity contribution in [2.45, 2.75) is 45.1 Å². The fourth-order valence-corrected chi connectivity index (χ4v) is 2.75. The Morgan fingerprint density at radius 2 is 2.06 bits per heavy atom. The van der Waals surface area contributed by atoms with Crippen LogP contribution in [0.2, 0.25) is 0 Å². The van der Waals surface area contributed by atoms with E-state index in [0.29, 0.717) is 5.92 Å². The average Bonchev–Trinajstić information content (AvgIpc) is 2.83. The summed E-state index contributed by atoms with van der Waals surface area (Å²) in [6.45, 7) is 4.11. The van der Waals surface area contributed by atoms with Gasteiger partial charge in [0.1, 0.15) is 5.54 Å². The molecule has 2 rings (SSSR count). The van der Waals surface area contributed by atoms with E-state index in [1.54, 1.807) is 0 Å². The zero-order valence-electron chi connectivity index (χ0n) is 10.7. The zero-order chi connectivity index (χ0) is 12.3. The van der Waals surface area contributed by atoms with Crippen LogP contribution in [0.25, 0.3) is 0 Å². The summed E-state index contributed by atoms with van der Waals surface area (Å²) in [7, 11) is 0. The van der Waals surface area contributed by atoms with Crippen molar-refractivity contribution in [2.75, 3.05) is 5.32 Å². The Balaban J connectivity index is 2.17. The van der Waals surface area contributed by atoms with Crippen LogP contribution in [0, 0.1) is 24.2 Å². The molecule has 1 aliphatic carbocycles. The minimum Gasteiger partial charge on any atom is -0.367 e. The molecule has 90 valence electrons. The summed E-state index contributed by atoms with van der Waals surface area (Å²) in [5.41, 5.74) is 1.85. The number of nitrogens with zero attached hydrogens (tertiary/aromatic N) is 1. The summed E-state index contributed by atoms with van der Waals surface area (Å²) < 4.78 is 0. The molecule has 1 unspecified atom stereocenters. The van der Waals surface area contributed by atoms with Crippen LogP contribution in [0.3, 0.4) is 0 Å². The van der Waals surface area contributed by atoms with E-state index in [-0.39, 0.29) is 0 Å². The summed E-state index contributed by atoms with van der Waals surface area (Å²) in [4.78, 5) is 0. The van der Waals surface area contributed by atoms with E-state index in [1.807, 2.05) is 19.1 Å². The van der Waals surface area contributed by atoms with Gasteiger partial charge >= 0.3 is 0 Å². The molecular weight excluding hydrogens is 208 g/mol. The lowest BCUT2D eigenvalue weighted by atomic mass is 9.85. The maximum atomic E-state index is 9.46. The highest BCUT2D eigenvalue weighted by atomic mass is 15.0. The fraction of sp³-hybridized carbons (Fsp3) is 0.533. The van der Waals surface area contributed by atoms with Gasteiger partial charge in [0.15, 0.2) is 0 Å². The Bertz CT molecular complexity index is 427. The van der Waals surface area contributed by atoms with Crippen molar-refractivity contribution >= 4 is 5.69 Å². The molecule has 2 nitrogen and oxygen atoms in total. The van der Waals surface area contributed by atoms with Gasteiger partial charge in [0.25, 0.3) is 0 Å². The SMILES string of the molecule is Cc1cccc(NC(C)(C#N)C2CCCC2)c1. The second-order valence-electron chi connectivity index (χ2n) is 5.29. The second-order valence-corrected chi connectivity index (χ2v) is 5.29. The van der Waals surface area contributed by atoms with Gasteiger partial charge in [-0.25, -0.2) is 0 Å². The smallest absolute Gasteiger partial charge is 0.125 e. The van der Waals surface area contributed by atoms with Crippen LogP contribution in [0.4, 0.5) is 5.69 Å². The van der Waals surface area contributed by atoms with Gasteiger partial charge in [-0.1, -0.05) is 25.0 Å². The molecule has 0 heterocycles. The van der Waals surface area contributed by atoms with E-state index in [0.717, 1.165) is 5.69 Å². The van der Waals surface area contributed by atoms with Gasteiger partial charge in [0, 0.05) is 5.69 Å². The van der Waals surface area contributed by atoms with E-state index in [2.05, 4.69) is 30.4 Å². The van der Waals surface area contributed by atoms with E-state index in [4.69, 9.17) is 0 Å². The van der Waals surface area contributed by atoms with Gasteiger partial charge in [0.2, 0.25) is 0 Å². The van der Waals surface area contributed by atoms with Crippen LogP contribution in [-0.2, 0) is 0 Å². The summed E-state index contributed by atoms with van der Waals surface area (Å²) in [5, 5.41) is 12.9. The molecule has 17 heavy (non-hydrogen) atoms. The largest absolute Gasteiger partial charge is 0.367 e. The van der Waals surface area contributed by atoms with Crippen molar-refractivity contribution in [1.82, 2.24) is 0 Å². The predicted octanol–water partition coefficient (Wildman–Crippen LogP) is 3.88. The Hall–Kier alpha value is -1.49. The summed E-state index contributed by atoms with van der Waals surface area (Å²) in [6, 6.07) is 10.7. The predicted molar refractivity (Wildman–Crippen MR) is 70.8 cm³/mol. The highest BCUT2D eigenvalue weighted by Crippen LogP contribution is 2.35. The number of nitriles is 1. The molecule has 0 radical (unpaired) electrons. The highest BCUT2D eigenvalue weighted by Gasteiger charge is 2.36. The number of rotatable bonds is 3. The van der Waals surface area contributed by atoms with Gasteiger partial charge in [-0.3, -0.25) is 0 Å². The first-order valence-corrected chi connectivity index (χ1v) is 6.40. The molecule has 0 aromatic heterocycles. The Kier molecular flexibility index (Phi) is 3.38. The maximum absolute atomic E-state index is 9.46. The first-order chi connectivity index (χ1) is 8.14. The van der Waals surface area contributed by atoms with E-state index >= 15 is 0 Å². The summed E-state index contributed by atoms with van der Waals surface area (Å²) in [5.74, 6) is 0.480. The number of hydrogen-bond acceptors (Lipinski definition) is 2. The molecule has 1 aliphatic rings. The normalized spacial score (nSPS) is 19.6. The second kappa shape index (κ2) is 4.79. The summed E-state index contributed by atoms with van der Waals surface area (Å²) in [6.07, 6.45) is 4.86. The molecule has 1 fully saturated rings. The lowest BCUT2D eigenvalue weighted by Crippen LogP contribution is -2.40. The molecule has 1 aromatic carbocycles. The van der Waals surface area contributed by atoms with Crippen LogP contribution in [0.5, 0.6) is 0 Å². The molecule has 1 aromatic rings. The van der Waals surface area contributed by atoms with Gasteiger partial charge in [0.05, 0.1) is 6.07 Å². The van der Waals surface area contributed by atoms with E-state index in [9.17, 15) is 5.26 Å². The number of benzene rings is 1. The van der Waals surface area contributed by atoms with Gasteiger partial charge < -0.3 is 5.32 Å². The Morgan fingerprint density at radius 1 is 1.35 bits per heavy atom. The topological polar surface area (TPSA) is 35.8 Å². The molecule has 0 bridgehead atoms. The first-order valence-electron chi connectivity index (χ1n) is 6.40. The number of anilines is 1. The average molecular weight is 228 g/mol. The molecule has 1 atom stereocenters. The molecule has 0 spiro atoms. The van der Waals surface area contributed by atoms with Crippen molar-refractivity contribution in [3.63, 3.8) is 0 Å². The van der Waals surface area contributed by atoms with Crippen molar-refractivity contribution in [3.05, 3.63) is 29.8 Å². The van der Waals surface area contributed by atoms with Crippen molar-refractivity contribution in [3.8, 4) is 6.07 Å². The minimum absolute atomic E-state index is 0.426. The molecule has 0 aliphatic heterocycles. The van der Waals surface area contributed by atoms with Gasteiger partial charge in [-0.05, 0) is 50.3 Å². The van der Waals surface area contributed by atoms with Gasteiger partial charge in [-0.2, -0.15) is 5.26 Å². The van der Waals surface area contributed by atoms with Crippen LogP contribution in [0.1, 0.15) is 38.2 Å². The lowest BCUT2D eigenvalue weighted by molar-refractivity contribution is 0.404. The maximum Gasteiger partial charge on any atom is 0.125 e. The number of aryl methyl sites for hydroxylation is 1. The third-order valence-electron chi connectivity index (χ3n) is 3.83. The third-order valence-corrected chi connectivity index (χ3v) is 3.83. The molecule has 1 saturated carbocycles. The molecule has 0 amide bonds. The van der Waals surface area contributed by atoms with Crippen molar-refractivity contribution < 1.29 is 0 Å². The number of hydrogen-bond donors (Lipinski definition) is 1. The highest BCUT2D eigenvalue weighted by molar-refractivity contribution is 5.49.